The first-order chi connectivity index (χ1) is 23.5. The van der Waals surface area contributed by atoms with E-state index < -0.39 is 48.0 Å². The van der Waals surface area contributed by atoms with E-state index in [1.54, 1.807) is 97.1 Å². The van der Waals surface area contributed by atoms with Gasteiger partial charge in [0, 0.05) is 24.5 Å². The summed E-state index contributed by atoms with van der Waals surface area (Å²) >= 11 is 0. The number of rotatable bonds is 11. The van der Waals surface area contributed by atoms with Gasteiger partial charge in [0.1, 0.15) is 12.7 Å². The van der Waals surface area contributed by atoms with Gasteiger partial charge in [0.15, 0.2) is 18.4 Å². The van der Waals surface area contributed by atoms with Gasteiger partial charge in [-0.05, 0) is 48.0 Å². The number of hydrogen-bond acceptors (Lipinski definition) is 9. The number of pyridine rings is 1. The van der Waals surface area contributed by atoms with Crippen LogP contribution < -0.4 is 10.9 Å². The lowest BCUT2D eigenvalue weighted by molar-refractivity contribution is -0.0634. The van der Waals surface area contributed by atoms with Gasteiger partial charge in [-0.3, -0.25) is 9.36 Å². The van der Waals surface area contributed by atoms with Crippen molar-refractivity contribution in [2.75, 3.05) is 11.9 Å². The van der Waals surface area contributed by atoms with Crippen LogP contribution in [0.1, 0.15) is 42.9 Å². The smallest absolute Gasteiger partial charge is 0.338 e. The zero-order chi connectivity index (χ0) is 33.3. The number of benzene rings is 4. The molecule has 5 aromatic rings. The van der Waals surface area contributed by atoms with Gasteiger partial charge in [-0.15, -0.1) is 0 Å². The standard InChI is InChI=1S/C38H32N2O8/c41-32-23-30(39-24-26-13-5-1-6-14-26)21-22-40(32)35-34(48-38(44)29-19-11-4-12-20-29)33(47-37(43)28-17-9-3-10-18-28)31(46-35)25-45-36(42)27-15-7-2-8-16-27/h1-23,31,33-35,39H,24-25H2/t31-,33-,34-,35-/m1/s1. The fourth-order valence-electron chi connectivity index (χ4n) is 5.29. The molecule has 2 heterocycles. The molecule has 0 unspecified atom stereocenters. The molecule has 1 aromatic heterocycles. The third-order valence-corrected chi connectivity index (χ3v) is 7.74. The number of aromatic nitrogens is 1. The lowest BCUT2D eigenvalue weighted by atomic mass is 10.1. The second-order valence-corrected chi connectivity index (χ2v) is 11.0. The first-order valence-electron chi connectivity index (χ1n) is 15.4. The maximum absolute atomic E-state index is 13.6. The average Bonchev–Trinajstić information content (AvgIpc) is 3.46. The summed E-state index contributed by atoms with van der Waals surface area (Å²) in [5.74, 6) is -2.05. The molecule has 10 nitrogen and oxygen atoms in total. The summed E-state index contributed by atoms with van der Waals surface area (Å²) in [6.07, 6.45) is -3.39. The summed E-state index contributed by atoms with van der Waals surface area (Å²) < 4.78 is 25.0. The van der Waals surface area contributed by atoms with Crippen molar-refractivity contribution in [3.05, 3.63) is 172 Å². The molecular formula is C38H32N2O8. The predicted molar refractivity (Wildman–Crippen MR) is 176 cm³/mol. The van der Waals surface area contributed by atoms with E-state index in [9.17, 15) is 19.2 Å². The van der Waals surface area contributed by atoms with Crippen molar-refractivity contribution in [2.24, 2.45) is 0 Å². The number of esters is 3. The molecule has 1 aliphatic rings. The van der Waals surface area contributed by atoms with Crippen molar-refractivity contribution in [1.29, 1.82) is 0 Å². The van der Waals surface area contributed by atoms with E-state index in [1.807, 2.05) is 30.3 Å². The largest absolute Gasteiger partial charge is 0.459 e. The topological polar surface area (TPSA) is 122 Å². The van der Waals surface area contributed by atoms with Crippen LogP contribution in [0.25, 0.3) is 0 Å². The Morgan fingerprint density at radius 3 is 1.69 bits per heavy atom. The SMILES string of the molecule is O=C(OC[C@H]1O[C@@H](n2ccc(NCc3ccccc3)cc2=O)[C@H](OC(=O)c2ccccc2)[C@@H]1OC(=O)c1ccccc1)c1ccccc1. The third kappa shape index (κ3) is 7.68. The summed E-state index contributed by atoms with van der Waals surface area (Å²) in [6.45, 7) is 0.135. The molecule has 10 heteroatoms. The van der Waals surface area contributed by atoms with Crippen LogP contribution in [0.15, 0.2) is 144 Å². The Labute approximate surface area is 276 Å². The van der Waals surface area contributed by atoms with Crippen molar-refractivity contribution in [3.63, 3.8) is 0 Å². The minimum absolute atomic E-state index is 0.246. The first-order valence-corrected chi connectivity index (χ1v) is 15.4. The Balaban J connectivity index is 1.31. The highest BCUT2D eigenvalue weighted by molar-refractivity contribution is 5.91. The molecule has 4 aromatic carbocycles. The Kier molecular flexibility index (Phi) is 10.0. The Hall–Kier alpha value is -6.00. The van der Waals surface area contributed by atoms with Crippen molar-refractivity contribution in [2.45, 2.75) is 31.1 Å². The summed E-state index contributed by atoms with van der Waals surface area (Å²) in [7, 11) is 0. The molecule has 0 saturated carbocycles. The zero-order valence-electron chi connectivity index (χ0n) is 25.7. The lowest BCUT2D eigenvalue weighted by Gasteiger charge is -2.25. The fraction of sp³-hybridized carbons (Fsp3) is 0.158. The van der Waals surface area contributed by atoms with Gasteiger partial charge in [0.2, 0.25) is 0 Å². The number of nitrogens with one attached hydrogen (secondary N) is 1. The second-order valence-electron chi connectivity index (χ2n) is 11.0. The number of carbonyl (C=O) groups is 3. The summed E-state index contributed by atoms with van der Waals surface area (Å²) in [5, 5.41) is 3.23. The van der Waals surface area contributed by atoms with E-state index in [2.05, 4.69) is 5.32 Å². The Morgan fingerprint density at radius 1 is 0.646 bits per heavy atom. The van der Waals surface area contributed by atoms with Crippen LogP contribution in [0.3, 0.4) is 0 Å². The number of nitrogens with zero attached hydrogens (tertiary/aromatic N) is 1. The molecule has 1 N–H and O–H groups in total. The number of carbonyl (C=O) groups excluding carboxylic acids is 3. The summed E-state index contributed by atoms with van der Waals surface area (Å²) in [4.78, 5) is 53.2. The number of ether oxygens (including phenoxy) is 4. The molecule has 4 atom stereocenters. The molecule has 6 rings (SSSR count). The monoisotopic (exact) mass is 644 g/mol. The summed E-state index contributed by atoms with van der Waals surface area (Å²) in [6, 6.07) is 37.8. The molecule has 0 bridgehead atoms. The highest BCUT2D eigenvalue weighted by Gasteiger charge is 2.51. The number of anilines is 1. The molecular weight excluding hydrogens is 612 g/mol. The average molecular weight is 645 g/mol. The maximum atomic E-state index is 13.6. The molecule has 0 amide bonds. The minimum Gasteiger partial charge on any atom is -0.459 e. The van der Waals surface area contributed by atoms with Crippen LogP contribution in [-0.4, -0.2) is 47.4 Å². The number of hydrogen-bond donors (Lipinski definition) is 1. The molecule has 48 heavy (non-hydrogen) atoms. The highest BCUT2D eigenvalue weighted by atomic mass is 16.7. The van der Waals surface area contributed by atoms with Crippen molar-refractivity contribution in [3.8, 4) is 0 Å². The quantitative estimate of drug-likeness (QED) is 0.143. The normalized spacial score (nSPS) is 18.4. The van der Waals surface area contributed by atoms with E-state index in [0.717, 1.165) is 5.56 Å². The minimum atomic E-state index is -1.30. The van der Waals surface area contributed by atoms with Crippen LogP contribution in [0, 0.1) is 0 Å². The zero-order valence-corrected chi connectivity index (χ0v) is 25.7. The van der Waals surface area contributed by atoms with Crippen molar-refractivity contribution >= 4 is 23.6 Å². The van der Waals surface area contributed by atoms with Gasteiger partial charge in [-0.1, -0.05) is 84.9 Å². The summed E-state index contributed by atoms with van der Waals surface area (Å²) in [5.41, 5.74) is 1.94. The molecule has 0 radical (unpaired) electrons. The maximum Gasteiger partial charge on any atom is 0.338 e. The lowest BCUT2D eigenvalue weighted by Crippen LogP contribution is -2.42. The van der Waals surface area contributed by atoms with E-state index in [4.69, 9.17) is 18.9 Å². The molecule has 1 saturated heterocycles. The molecule has 242 valence electrons. The van der Waals surface area contributed by atoms with Crippen LogP contribution in [0.5, 0.6) is 0 Å². The van der Waals surface area contributed by atoms with E-state index in [0.29, 0.717) is 17.8 Å². The Morgan fingerprint density at radius 2 is 1.15 bits per heavy atom. The van der Waals surface area contributed by atoms with E-state index in [1.165, 1.54) is 16.8 Å². The van der Waals surface area contributed by atoms with E-state index >= 15 is 0 Å². The molecule has 1 fully saturated rings. The van der Waals surface area contributed by atoms with Crippen molar-refractivity contribution < 1.29 is 33.3 Å². The van der Waals surface area contributed by atoms with Crippen molar-refractivity contribution in [1.82, 2.24) is 4.57 Å². The second kappa shape index (κ2) is 15.1. The van der Waals surface area contributed by atoms with Crippen LogP contribution in [0.4, 0.5) is 5.69 Å². The van der Waals surface area contributed by atoms with Crippen LogP contribution in [-0.2, 0) is 25.5 Å². The van der Waals surface area contributed by atoms with Gasteiger partial charge in [0.25, 0.3) is 5.56 Å². The van der Waals surface area contributed by atoms with E-state index in [-0.39, 0.29) is 17.7 Å². The van der Waals surface area contributed by atoms with Gasteiger partial charge in [-0.25, -0.2) is 14.4 Å². The van der Waals surface area contributed by atoms with Gasteiger partial charge < -0.3 is 24.3 Å². The van der Waals surface area contributed by atoms with Gasteiger partial charge >= 0.3 is 17.9 Å². The predicted octanol–water partition coefficient (Wildman–Crippen LogP) is 5.67. The molecule has 1 aliphatic heterocycles. The first kappa shape index (κ1) is 32.0. The molecule has 0 spiro atoms. The fourth-order valence-corrected chi connectivity index (χ4v) is 5.29. The van der Waals surface area contributed by atoms with Gasteiger partial charge in [0.05, 0.1) is 16.7 Å². The Bertz CT molecular complexity index is 1900. The molecule has 0 aliphatic carbocycles. The highest BCUT2D eigenvalue weighted by Crippen LogP contribution is 2.35. The van der Waals surface area contributed by atoms with Crippen LogP contribution in [0.2, 0.25) is 0 Å². The van der Waals surface area contributed by atoms with Gasteiger partial charge in [-0.2, -0.15) is 0 Å². The van der Waals surface area contributed by atoms with Crippen LogP contribution >= 0.6 is 0 Å². The third-order valence-electron chi connectivity index (χ3n) is 7.74.